The van der Waals surface area contributed by atoms with Crippen LogP contribution in [0.4, 0.5) is 10.8 Å². The van der Waals surface area contributed by atoms with Gasteiger partial charge in [0.05, 0.1) is 31.2 Å². The lowest BCUT2D eigenvalue weighted by atomic mass is 10.2. The highest BCUT2D eigenvalue weighted by Gasteiger charge is 2.21. The van der Waals surface area contributed by atoms with Gasteiger partial charge in [-0.25, -0.2) is 18.4 Å². The number of carbonyl (C=O) groups excluding carboxylic acids is 1. The van der Waals surface area contributed by atoms with Crippen molar-refractivity contribution >= 4 is 72.9 Å². The summed E-state index contributed by atoms with van der Waals surface area (Å²) in [6, 6.07) is 11.7. The molecular formula is C23H17Cl3N4O4S2. The molecule has 2 aromatic carbocycles. The number of rotatable bonds is 7. The van der Waals surface area contributed by atoms with Crippen LogP contribution in [0.2, 0.25) is 15.1 Å². The quantitative estimate of drug-likeness (QED) is 0.243. The number of nitrogens with one attached hydrogen (secondary N) is 2. The number of anilines is 2. The van der Waals surface area contributed by atoms with E-state index >= 15 is 0 Å². The monoisotopic (exact) mass is 582 g/mol. The fourth-order valence-electron chi connectivity index (χ4n) is 2.97. The predicted molar refractivity (Wildman–Crippen MR) is 143 cm³/mol. The molecule has 36 heavy (non-hydrogen) atoms. The predicted octanol–water partition coefficient (Wildman–Crippen LogP) is 6.96. The van der Waals surface area contributed by atoms with Gasteiger partial charge < -0.3 is 4.74 Å². The highest BCUT2D eigenvalue weighted by molar-refractivity contribution is 7.92. The van der Waals surface area contributed by atoms with Crippen LogP contribution >= 0.6 is 46.1 Å². The van der Waals surface area contributed by atoms with Crippen LogP contribution in [-0.2, 0) is 10.0 Å². The van der Waals surface area contributed by atoms with Crippen molar-refractivity contribution in [2.75, 3.05) is 10.0 Å². The van der Waals surface area contributed by atoms with E-state index in [1.807, 2.05) is 13.8 Å². The summed E-state index contributed by atoms with van der Waals surface area (Å²) in [5.41, 5.74) is 0.970. The molecule has 2 heterocycles. The van der Waals surface area contributed by atoms with E-state index in [1.54, 1.807) is 24.3 Å². The van der Waals surface area contributed by atoms with Crippen LogP contribution in [0.1, 0.15) is 20.9 Å². The molecule has 0 atom stereocenters. The lowest BCUT2D eigenvalue weighted by Gasteiger charge is -2.15. The lowest BCUT2D eigenvalue weighted by Crippen LogP contribution is -2.15. The molecule has 0 bridgehead atoms. The summed E-state index contributed by atoms with van der Waals surface area (Å²) < 4.78 is 34.2. The van der Waals surface area contributed by atoms with E-state index in [2.05, 4.69) is 20.0 Å². The number of hydrogen-bond acceptors (Lipinski definition) is 7. The normalized spacial score (nSPS) is 11.2. The topological polar surface area (TPSA) is 110 Å². The molecule has 4 aromatic rings. The number of halogens is 3. The zero-order valence-electron chi connectivity index (χ0n) is 18.7. The second-order valence-corrected chi connectivity index (χ2v) is 11.5. The number of hydrogen-bond donors (Lipinski definition) is 2. The Hall–Kier alpha value is -2.89. The van der Waals surface area contributed by atoms with Gasteiger partial charge in [-0.15, -0.1) is 11.3 Å². The molecular weight excluding hydrogens is 567 g/mol. The van der Waals surface area contributed by atoms with Crippen molar-refractivity contribution in [2.24, 2.45) is 0 Å². The van der Waals surface area contributed by atoms with Crippen molar-refractivity contribution in [1.82, 2.24) is 9.97 Å². The molecule has 13 heteroatoms. The van der Waals surface area contributed by atoms with Gasteiger partial charge in [0.2, 0.25) is 5.88 Å². The maximum Gasteiger partial charge on any atom is 0.262 e. The van der Waals surface area contributed by atoms with Gasteiger partial charge in [-0.3, -0.25) is 14.8 Å². The third-order valence-electron chi connectivity index (χ3n) is 4.85. The Labute approximate surface area is 226 Å². The van der Waals surface area contributed by atoms with Gasteiger partial charge in [0.1, 0.15) is 11.4 Å². The SMILES string of the molecule is Cc1nc(NC(=O)c2ccccc2Oc2ncc(Cl)cc2NS(=O)(=O)c2ccc(Cl)c(Cl)c2)sc1C. The Kier molecular flexibility index (Phi) is 7.72. The Bertz CT molecular complexity index is 1560. The first kappa shape index (κ1) is 26.2. The molecule has 0 radical (unpaired) electrons. The summed E-state index contributed by atoms with van der Waals surface area (Å²) in [5.74, 6) is -0.430. The minimum Gasteiger partial charge on any atom is -0.436 e. The number of amides is 1. The van der Waals surface area contributed by atoms with E-state index in [-0.39, 0.29) is 42.8 Å². The van der Waals surface area contributed by atoms with Crippen LogP contribution in [0.3, 0.4) is 0 Å². The number of sulfonamides is 1. The van der Waals surface area contributed by atoms with E-state index in [0.29, 0.717) is 5.13 Å². The largest absolute Gasteiger partial charge is 0.436 e. The molecule has 0 aliphatic rings. The van der Waals surface area contributed by atoms with Gasteiger partial charge in [-0.05, 0) is 50.2 Å². The highest BCUT2D eigenvalue weighted by atomic mass is 35.5. The second-order valence-electron chi connectivity index (χ2n) is 7.40. The molecule has 0 spiro atoms. The van der Waals surface area contributed by atoms with E-state index in [0.717, 1.165) is 10.6 Å². The van der Waals surface area contributed by atoms with Gasteiger partial charge in [0.25, 0.3) is 15.9 Å². The molecule has 0 saturated heterocycles. The minimum absolute atomic E-state index is 0.0463. The fourth-order valence-corrected chi connectivity index (χ4v) is 5.37. The van der Waals surface area contributed by atoms with Gasteiger partial charge in [-0.2, -0.15) is 0 Å². The zero-order chi connectivity index (χ0) is 26.0. The Morgan fingerprint density at radius 1 is 1.03 bits per heavy atom. The smallest absolute Gasteiger partial charge is 0.262 e. The number of ether oxygens (including phenoxy) is 1. The van der Waals surface area contributed by atoms with Crippen molar-refractivity contribution in [1.29, 1.82) is 0 Å². The Morgan fingerprint density at radius 2 is 1.78 bits per heavy atom. The number of para-hydroxylation sites is 1. The molecule has 0 aliphatic heterocycles. The zero-order valence-corrected chi connectivity index (χ0v) is 22.6. The molecule has 186 valence electrons. The average molecular weight is 584 g/mol. The Morgan fingerprint density at radius 3 is 2.47 bits per heavy atom. The van der Waals surface area contributed by atoms with E-state index in [1.165, 1.54) is 41.8 Å². The second kappa shape index (κ2) is 10.6. The number of aromatic nitrogens is 2. The van der Waals surface area contributed by atoms with Crippen molar-refractivity contribution in [3.05, 3.63) is 85.9 Å². The number of thiazole rings is 1. The molecule has 4 rings (SSSR count). The van der Waals surface area contributed by atoms with Crippen LogP contribution in [-0.4, -0.2) is 24.3 Å². The summed E-state index contributed by atoms with van der Waals surface area (Å²) >= 11 is 19.3. The summed E-state index contributed by atoms with van der Waals surface area (Å²) in [7, 11) is -4.11. The number of carbonyl (C=O) groups is 1. The third-order valence-corrected chi connectivity index (χ3v) is 8.15. The molecule has 2 N–H and O–H groups in total. The molecule has 8 nitrogen and oxygen atoms in total. The maximum absolute atomic E-state index is 13.0. The fraction of sp³-hybridized carbons (Fsp3) is 0.0870. The van der Waals surface area contributed by atoms with Gasteiger partial charge in [0.15, 0.2) is 5.13 Å². The molecule has 0 unspecified atom stereocenters. The molecule has 0 aliphatic carbocycles. The summed E-state index contributed by atoms with van der Waals surface area (Å²) in [6.45, 7) is 3.76. The van der Waals surface area contributed by atoms with Gasteiger partial charge >= 0.3 is 0 Å². The first-order valence-electron chi connectivity index (χ1n) is 10.2. The van der Waals surface area contributed by atoms with Crippen molar-refractivity contribution < 1.29 is 17.9 Å². The summed E-state index contributed by atoms with van der Waals surface area (Å²) in [5, 5.41) is 3.65. The Balaban J connectivity index is 1.64. The van der Waals surface area contributed by atoms with Crippen molar-refractivity contribution in [2.45, 2.75) is 18.7 Å². The van der Waals surface area contributed by atoms with Crippen molar-refractivity contribution in [3.63, 3.8) is 0 Å². The first-order chi connectivity index (χ1) is 17.0. The van der Waals surface area contributed by atoms with Crippen LogP contribution in [0, 0.1) is 13.8 Å². The lowest BCUT2D eigenvalue weighted by molar-refractivity contribution is 0.102. The number of pyridine rings is 1. The van der Waals surface area contributed by atoms with E-state index < -0.39 is 15.9 Å². The number of benzene rings is 2. The first-order valence-corrected chi connectivity index (χ1v) is 13.6. The minimum atomic E-state index is -4.11. The van der Waals surface area contributed by atoms with E-state index in [9.17, 15) is 13.2 Å². The van der Waals surface area contributed by atoms with Crippen LogP contribution in [0.5, 0.6) is 11.6 Å². The molecule has 1 amide bonds. The van der Waals surface area contributed by atoms with Gasteiger partial charge in [0, 0.05) is 11.1 Å². The molecule has 2 aromatic heterocycles. The number of aryl methyl sites for hydroxylation is 2. The van der Waals surface area contributed by atoms with Crippen LogP contribution in [0.15, 0.2) is 59.6 Å². The average Bonchev–Trinajstić information content (AvgIpc) is 3.13. The summed E-state index contributed by atoms with van der Waals surface area (Å²) in [4.78, 5) is 22.2. The molecule has 0 saturated carbocycles. The van der Waals surface area contributed by atoms with Crippen LogP contribution < -0.4 is 14.8 Å². The standard InChI is InChI=1S/C23H17Cl3N4O4S2/c1-12-13(2)35-23(28-12)29-21(31)16-5-3-4-6-20(16)34-22-19(9-14(24)11-27-22)30-36(32,33)15-7-8-17(25)18(26)10-15/h3-11,30H,1-2H3,(H,28,29,31). The third kappa shape index (κ3) is 5.91. The van der Waals surface area contributed by atoms with Gasteiger partial charge in [-0.1, -0.05) is 46.9 Å². The van der Waals surface area contributed by atoms with Crippen LogP contribution in [0.25, 0.3) is 0 Å². The number of nitrogens with zero attached hydrogens (tertiary/aromatic N) is 2. The van der Waals surface area contributed by atoms with E-state index in [4.69, 9.17) is 39.5 Å². The molecule has 0 fully saturated rings. The maximum atomic E-state index is 13.0. The highest BCUT2D eigenvalue weighted by Crippen LogP contribution is 2.34. The van der Waals surface area contributed by atoms with Crippen molar-refractivity contribution in [3.8, 4) is 11.6 Å². The summed E-state index contributed by atoms with van der Waals surface area (Å²) in [6.07, 6.45) is 1.29.